The van der Waals surface area contributed by atoms with Crippen molar-refractivity contribution < 1.29 is 19.1 Å². The summed E-state index contributed by atoms with van der Waals surface area (Å²) in [7, 11) is 5.45. The lowest BCUT2D eigenvalue weighted by Crippen LogP contribution is -2.49. The van der Waals surface area contributed by atoms with Gasteiger partial charge in [-0.15, -0.1) is 0 Å². The van der Waals surface area contributed by atoms with Gasteiger partial charge in [-0.05, 0) is 42.5 Å². The number of nitrogens with zero attached hydrogens (tertiary/aromatic N) is 3. The average molecular weight is 397 g/mol. The minimum absolute atomic E-state index is 0.170. The minimum atomic E-state index is -0.487. The van der Waals surface area contributed by atoms with Crippen molar-refractivity contribution in [1.29, 1.82) is 0 Å². The lowest BCUT2D eigenvalue weighted by atomic mass is 10.2. The molecule has 1 amide bonds. The highest BCUT2D eigenvalue weighted by molar-refractivity contribution is 5.92. The second-order valence-electron chi connectivity index (χ2n) is 7.09. The number of benzene rings is 2. The molecule has 2 aromatic carbocycles. The largest absolute Gasteiger partial charge is 0.497 e. The topological polar surface area (TPSA) is 62.3 Å². The van der Waals surface area contributed by atoms with Crippen molar-refractivity contribution >= 4 is 23.3 Å². The van der Waals surface area contributed by atoms with Crippen LogP contribution in [-0.2, 0) is 9.53 Å². The van der Waals surface area contributed by atoms with E-state index in [2.05, 4.69) is 4.90 Å². The van der Waals surface area contributed by atoms with Crippen molar-refractivity contribution in [3.8, 4) is 5.75 Å². The molecule has 0 N–H and O–H groups in total. The molecule has 1 aliphatic heterocycles. The van der Waals surface area contributed by atoms with E-state index in [1.165, 1.54) is 0 Å². The molecule has 0 atom stereocenters. The molecule has 0 unspecified atom stereocenters. The van der Waals surface area contributed by atoms with Crippen LogP contribution in [0.3, 0.4) is 0 Å². The normalized spacial score (nSPS) is 13.8. The lowest BCUT2D eigenvalue weighted by molar-refractivity contribution is -0.134. The number of piperazine rings is 1. The monoisotopic (exact) mass is 397 g/mol. The Hall–Kier alpha value is -3.22. The predicted molar refractivity (Wildman–Crippen MR) is 113 cm³/mol. The Morgan fingerprint density at radius 3 is 2.31 bits per heavy atom. The summed E-state index contributed by atoms with van der Waals surface area (Å²) in [5, 5.41) is 0. The zero-order valence-corrected chi connectivity index (χ0v) is 17.1. The van der Waals surface area contributed by atoms with Crippen LogP contribution in [0.5, 0.6) is 5.75 Å². The number of methoxy groups -OCH3 is 1. The van der Waals surface area contributed by atoms with E-state index in [0.717, 1.165) is 30.2 Å². The molecular formula is C22H27N3O4. The highest BCUT2D eigenvalue weighted by Gasteiger charge is 2.22. The van der Waals surface area contributed by atoms with Crippen molar-refractivity contribution in [2.45, 2.75) is 0 Å². The molecule has 0 saturated carbocycles. The molecule has 3 rings (SSSR count). The third-order valence-corrected chi connectivity index (χ3v) is 4.99. The van der Waals surface area contributed by atoms with Crippen LogP contribution in [-0.4, -0.2) is 70.8 Å². The maximum Gasteiger partial charge on any atom is 0.338 e. The van der Waals surface area contributed by atoms with E-state index in [4.69, 9.17) is 9.47 Å². The van der Waals surface area contributed by atoms with Gasteiger partial charge in [0.2, 0.25) is 0 Å². The maximum atomic E-state index is 12.4. The number of amides is 1. The van der Waals surface area contributed by atoms with Gasteiger partial charge in [-0.25, -0.2) is 4.79 Å². The summed E-state index contributed by atoms with van der Waals surface area (Å²) in [6, 6.07) is 15.0. The van der Waals surface area contributed by atoms with Crippen LogP contribution < -0.4 is 14.5 Å². The number of anilines is 2. The number of hydrogen-bond donors (Lipinski definition) is 0. The molecule has 7 heteroatoms. The second kappa shape index (κ2) is 9.32. The number of ether oxygens (including phenoxy) is 2. The van der Waals surface area contributed by atoms with Gasteiger partial charge < -0.3 is 24.2 Å². The first-order valence-electron chi connectivity index (χ1n) is 9.59. The summed E-state index contributed by atoms with van der Waals surface area (Å²) in [5.41, 5.74) is 2.44. The SMILES string of the molecule is COc1ccc(N2CCN(C(=O)COC(=O)c3cccc(N(C)C)c3)CC2)cc1. The third kappa shape index (κ3) is 5.19. The van der Waals surface area contributed by atoms with Crippen LogP contribution >= 0.6 is 0 Å². The molecule has 1 saturated heterocycles. The number of hydrogen-bond acceptors (Lipinski definition) is 6. The Morgan fingerprint density at radius 2 is 1.69 bits per heavy atom. The molecule has 1 heterocycles. The van der Waals surface area contributed by atoms with E-state index < -0.39 is 5.97 Å². The van der Waals surface area contributed by atoms with E-state index in [9.17, 15) is 9.59 Å². The molecule has 0 aliphatic carbocycles. The molecule has 1 aliphatic rings. The molecule has 2 aromatic rings. The van der Waals surface area contributed by atoms with Gasteiger partial charge in [0.25, 0.3) is 5.91 Å². The van der Waals surface area contributed by atoms with Crippen LogP contribution in [0.15, 0.2) is 48.5 Å². The van der Waals surface area contributed by atoms with Crippen LogP contribution in [0, 0.1) is 0 Å². The Labute approximate surface area is 171 Å². The first-order chi connectivity index (χ1) is 14.0. The van der Waals surface area contributed by atoms with Gasteiger partial charge in [-0.1, -0.05) is 6.07 Å². The van der Waals surface area contributed by atoms with Gasteiger partial charge in [-0.3, -0.25) is 4.79 Å². The summed E-state index contributed by atoms with van der Waals surface area (Å²) in [6.07, 6.45) is 0. The Morgan fingerprint density at radius 1 is 1.00 bits per heavy atom. The molecular weight excluding hydrogens is 370 g/mol. The number of esters is 1. The van der Waals surface area contributed by atoms with E-state index in [1.54, 1.807) is 30.2 Å². The molecule has 1 fully saturated rings. The summed E-state index contributed by atoms with van der Waals surface area (Å²) in [6.45, 7) is 2.42. The standard InChI is InChI=1S/C22H27N3O4/c1-23(2)19-6-4-5-17(15-19)22(27)29-16-21(26)25-13-11-24(12-14-25)18-7-9-20(28-3)10-8-18/h4-10,15H,11-14,16H2,1-3H3. The first-order valence-corrected chi connectivity index (χ1v) is 9.59. The van der Waals surface area contributed by atoms with E-state index in [1.807, 2.05) is 49.3 Å². The Bertz CT molecular complexity index is 843. The zero-order chi connectivity index (χ0) is 20.8. The highest BCUT2D eigenvalue weighted by atomic mass is 16.5. The predicted octanol–water partition coefficient (Wildman–Crippen LogP) is 2.27. The average Bonchev–Trinajstić information content (AvgIpc) is 2.77. The fourth-order valence-corrected chi connectivity index (χ4v) is 3.22. The van der Waals surface area contributed by atoms with Crippen molar-refractivity contribution in [2.24, 2.45) is 0 Å². The smallest absolute Gasteiger partial charge is 0.338 e. The first kappa shape index (κ1) is 20.5. The number of carbonyl (C=O) groups is 2. The zero-order valence-electron chi connectivity index (χ0n) is 17.1. The lowest BCUT2D eigenvalue weighted by Gasteiger charge is -2.36. The maximum absolute atomic E-state index is 12.4. The van der Waals surface area contributed by atoms with Crippen LogP contribution in [0.25, 0.3) is 0 Å². The van der Waals surface area contributed by atoms with Gasteiger partial charge in [0.1, 0.15) is 5.75 Å². The Balaban J connectivity index is 1.48. The van der Waals surface area contributed by atoms with Gasteiger partial charge in [-0.2, -0.15) is 0 Å². The highest BCUT2D eigenvalue weighted by Crippen LogP contribution is 2.20. The molecule has 154 valence electrons. The minimum Gasteiger partial charge on any atom is -0.497 e. The van der Waals surface area contributed by atoms with Crippen LogP contribution in [0.4, 0.5) is 11.4 Å². The van der Waals surface area contributed by atoms with Crippen molar-refractivity contribution in [3.63, 3.8) is 0 Å². The molecule has 0 radical (unpaired) electrons. The summed E-state index contributed by atoms with van der Waals surface area (Å²) >= 11 is 0. The fourth-order valence-electron chi connectivity index (χ4n) is 3.22. The molecule has 7 nitrogen and oxygen atoms in total. The second-order valence-corrected chi connectivity index (χ2v) is 7.09. The van der Waals surface area contributed by atoms with Gasteiger partial charge in [0, 0.05) is 51.6 Å². The summed E-state index contributed by atoms with van der Waals surface area (Å²) < 4.78 is 10.4. The summed E-state index contributed by atoms with van der Waals surface area (Å²) in [5.74, 6) is 0.163. The van der Waals surface area contributed by atoms with E-state index in [-0.39, 0.29) is 12.5 Å². The van der Waals surface area contributed by atoms with Gasteiger partial charge in [0.05, 0.1) is 12.7 Å². The van der Waals surface area contributed by atoms with Crippen LogP contribution in [0.2, 0.25) is 0 Å². The van der Waals surface area contributed by atoms with Gasteiger partial charge in [0.15, 0.2) is 6.61 Å². The van der Waals surface area contributed by atoms with Crippen molar-refractivity contribution in [1.82, 2.24) is 4.90 Å². The number of carbonyl (C=O) groups excluding carboxylic acids is 2. The summed E-state index contributed by atoms with van der Waals surface area (Å²) in [4.78, 5) is 30.6. The Kier molecular flexibility index (Phi) is 6.59. The molecule has 0 spiro atoms. The molecule has 0 bridgehead atoms. The van der Waals surface area contributed by atoms with Crippen LogP contribution in [0.1, 0.15) is 10.4 Å². The quantitative estimate of drug-likeness (QED) is 0.697. The van der Waals surface area contributed by atoms with Gasteiger partial charge >= 0.3 is 5.97 Å². The van der Waals surface area contributed by atoms with E-state index >= 15 is 0 Å². The fraction of sp³-hybridized carbons (Fsp3) is 0.364. The molecule has 0 aromatic heterocycles. The number of rotatable bonds is 6. The van der Waals surface area contributed by atoms with E-state index in [0.29, 0.717) is 18.7 Å². The third-order valence-electron chi connectivity index (χ3n) is 4.99. The van der Waals surface area contributed by atoms with Crippen molar-refractivity contribution in [2.75, 3.05) is 63.8 Å². The van der Waals surface area contributed by atoms with Crippen molar-refractivity contribution in [3.05, 3.63) is 54.1 Å². The molecule has 29 heavy (non-hydrogen) atoms.